The molecule has 0 unspecified atom stereocenters. The van der Waals surface area contributed by atoms with Crippen LogP contribution in [0.15, 0.2) is 35.5 Å². The smallest absolute Gasteiger partial charge is 0.242 e. The van der Waals surface area contributed by atoms with Crippen molar-refractivity contribution >= 4 is 22.9 Å². The molecule has 0 radical (unpaired) electrons. The largest absolute Gasteiger partial charge is 0.467 e. The zero-order valence-corrected chi connectivity index (χ0v) is 13.3. The molecule has 0 aliphatic heterocycles. The van der Waals surface area contributed by atoms with E-state index in [0.717, 1.165) is 24.1 Å². The van der Waals surface area contributed by atoms with E-state index in [4.69, 9.17) is 4.42 Å². The van der Waals surface area contributed by atoms with Gasteiger partial charge in [-0.25, -0.2) is 15.0 Å². The van der Waals surface area contributed by atoms with Crippen molar-refractivity contribution in [1.82, 2.24) is 24.8 Å². The number of H-pyrrole nitrogens is 1. The zero-order chi connectivity index (χ0) is 16.5. The van der Waals surface area contributed by atoms with E-state index in [1.807, 2.05) is 29.0 Å². The number of furan rings is 1. The van der Waals surface area contributed by atoms with Gasteiger partial charge in [0.15, 0.2) is 11.5 Å². The normalized spacial score (nSPS) is 14.0. The Balaban J connectivity index is 1.50. The van der Waals surface area contributed by atoms with Gasteiger partial charge in [0.2, 0.25) is 5.91 Å². The van der Waals surface area contributed by atoms with Crippen LogP contribution < -0.4 is 4.90 Å². The van der Waals surface area contributed by atoms with Crippen molar-refractivity contribution in [3.8, 4) is 0 Å². The average molecular weight is 326 g/mol. The number of likely N-dealkylation sites (N-methyl/N-ethyl adjacent to an activating group) is 1. The summed E-state index contributed by atoms with van der Waals surface area (Å²) in [5, 5.41) is 0. The maximum atomic E-state index is 12.8. The fraction of sp³-hybridized carbons (Fsp3) is 0.375. The second-order valence-corrected chi connectivity index (χ2v) is 5.99. The monoisotopic (exact) mass is 326 g/mol. The molecule has 1 N–H and O–H groups in total. The summed E-state index contributed by atoms with van der Waals surface area (Å²) in [5.41, 5.74) is 1.32. The Morgan fingerprint density at radius 1 is 1.38 bits per heavy atom. The second-order valence-electron chi connectivity index (χ2n) is 5.99. The first kappa shape index (κ1) is 14.7. The first-order valence-corrected chi connectivity index (χ1v) is 7.89. The summed E-state index contributed by atoms with van der Waals surface area (Å²) in [4.78, 5) is 32.0. The minimum absolute atomic E-state index is 0.0580. The lowest BCUT2D eigenvalue weighted by atomic mass is 10.3. The minimum atomic E-state index is 0.0580. The van der Waals surface area contributed by atoms with Crippen molar-refractivity contribution in [2.24, 2.45) is 0 Å². The molecule has 4 rings (SSSR count). The number of nitrogens with zero attached hydrogens (tertiary/aromatic N) is 5. The van der Waals surface area contributed by atoms with Gasteiger partial charge in [-0.1, -0.05) is 0 Å². The molecule has 3 heterocycles. The van der Waals surface area contributed by atoms with Crippen molar-refractivity contribution in [2.75, 3.05) is 18.5 Å². The molecule has 8 heteroatoms. The number of carbonyl (C=O) groups excluding carboxylic acids is 1. The highest BCUT2D eigenvalue weighted by Crippen LogP contribution is 2.29. The van der Waals surface area contributed by atoms with Gasteiger partial charge in [0, 0.05) is 13.1 Å². The number of amides is 1. The van der Waals surface area contributed by atoms with E-state index < -0.39 is 0 Å². The summed E-state index contributed by atoms with van der Waals surface area (Å²) in [7, 11) is 1.85. The number of aromatic amines is 1. The van der Waals surface area contributed by atoms with E-state index in [-0.39, 0.29) is 12.5 Å². The van der Waals surface area contributed by atoms with Gasteiger partial charge < -0.3 is 19.2 Å². The van der Waals surface area contributed by atoms with Gasteiger partial charge in [0.25, 0.3) is 0 Å². The molecule has 3 aromatic rings. The molecule has 124 valence electrons. The Morgan fingerprint density at radius 3 is 3.00 bits per heavy atom. The third-order valence-corrected chi connectivity index (χ3v) is 4.15. The molecule has 24 heavy (non-hydrogen) atoms. The molecule has 1 amide bonds. The summed E-state index contributed by atoms with van der Waals surface area (Å²) >= 11 is 0. The lowest BCUT2D eigenvalue weighted by molar-refractivity contribution is -0.131. The lowest BCUT2D eigenvalue weighted by Gasteiger charge is -2.25. The highest BCUT2D eigenvalue weighted by Gasteiger charge is 2.33. The highest BCUT2D eigenvalue weighted by molar-refractivity contribution is 5.87. The third-order valence-electron chi connectivity index (χ3n) is 4.15. The summed E-state index contributed by atoms with van der Waals surface area (Å²) in [5.74, 6) is 1.53. The first-order valence-electron chi connectivity index (χ1n) is 7.89. The number of fused-ring (bicyclic) bond motifs is 1. The number of hydrogen-bond donors (Lipinski definition) is 1. The van der Waals surface area contributed by atoms with Crippen LogP contribution in [0.5, 0.6) is 0 Å². The summed E-state index contributed by atoms with van der Waals surface area (Å²) in [6.45, 7) is 0.746. The van der Waals surface area contributed by atoms with Crippen LogP contribution in [-0.2, 0) is 11.3 Å². The molecular formula is C16H18N6O2. The lowest BCUT2D eigenvalue weighted by Crippen LogP contribution is -2.40. The molecule has 0 spiro atoms. The summed E-state index contributed by atoms with van der Waals surface area (Å²) in [6, 6.07) is 4.05. The first-order chi connectivity index (χ1) is 11.7. The molecule has 1 saturated carbocycles. The highest BCUT2D eigenvalue weighted by atomic mass is 16.3. The number of nitrogens with one attached hydrogen (secondary N) is 1. The van der Waals surface area contributed by atoms with Gasteiger partial charge in [-0.2, -0.15) is 0 Å². The number of anilines is 1. The quantitative estimate of drug-likeness (QED) is 0.739. The minimum Gasteiger partial charge on any atom is -0.467 e. The van der Waals surface area contributed by atoms with E-state index in [1.54, 1.807) is 12.6 Å². The van der Waals surface area contributed by atoms with E-state index in [0.29, 0.717) is 24.1 Å². The standard InChI is InChI=1S/C16H18N6O2/c1-21(16-14-15(18-9-17-14)19-10-20-16)8-13(23)22(11-4-5-11)7-12-3-2-6-24-12/h2-3,6,9-11H,4-5,7-8H2,1H3,(H,17,18,19,20). The van der Waals surface area contributed by atoms with Crippen LogP contribution >= 0.6 is 0 Å². The Labute approximate surface area is 138 Å². The SMILES string of the molecule is CN(CC(=O)N(Cc1ccco1)C1CC1)c1ncnc2nc[nH]c12. The number of rotatable bonds is 6. The zero-order valence-electron chi connectivity index (χ0n) is 13.3. The van der Waals surface area contributed by atoms with Gasteiger partial charge in [-0.3, -0.25) is 4.79 Å². The van der Waals surface area contributed by atoms with Crippen LogP contribution in [0, 0.1) is 0 Å². The molecular weight excluding hydrogens is 308 g/mol. The van der Waals surface area contributed by atoms with E-state index in [2.05, 4.69) is 19.9 Å². The second kappa shape index (κ2) is 5.95. The number of hydrogen-bond acceptors (Lipinski definition) is 6. The molecule has 0 bridgehead atoms. The molecule has 0 saturated heterocycles. The molecule has 0 aromatic carbocycles. The van der Waals surface area contributed by atoms with Crippen molar-refractivity contribution in [3.63, 3.8) is 0 Å². The predicted octanol–water partition coefficient (Wildman–Crippen LogP) is 1.57. The van der Waals surface area contributed by atoms with Gasteiger partial charge in [0.05, 0.1) is 25.7 Å². The maximum Gasteiger partial charge on any atom is 0.242 e. The molecule has 3 aromatic heterocycles. The van der Waals surface area contributed by atoms with Gasteiger partial charge in [-0.15, -0.1) is 0 Å². The average Bonchev–Trinajstić information content (AvgIpc) is 3.09. The predicted molar refractivity (Wildman–Crippen MR) is 87.2 cm³/mol. The van der Waals surface area contributed by atoms with Gasteiger partial charge in [-0.05, 0) is 25.0 Å². The third kappa shape index (κ3) is 2.82. The van der Waals surface area contributed by atoms with Gasteiger partial charge in [0.1, 0.15) is 17.6 Å². The Bertz CT molecular complexity index is 839. The molecule has 0 atom stereocenters. The Kier molecular flexibility index (Phi) is 3.64. The van der Waals surface area contributed by atoms with Crippen LogP contribution in [-0.4, -0.2) is 50.4 Å². The molecule has 1 aliphatic rings. The topological polar surface area (TPSA) is 91.2 Å². The van der Waals surface area contributed by atoms with E-state index in [1.165, 1.54) is 6.33 Å². The van der Waals surface area contributed by atoms with Crippen LogP contribution in [0.4, 0.5) is 5.82 Å². The summed E-state index contributed by atoms with van der Waals surface area (Å²) < 4.78 is 5.39. The molecule has 1 aliphatic carbocycles. The van der Waals surface area contributed by atoms with E-state index >= 15 is 0 Å². The van der Waals surface area contributed by atoms with Crippen molar-refractivity contribution in [3.05, 3.63) is 36.8 Å². The molecule has 1 fully saturated rings. The van der Waals surface area contributed by atoms with Gasteiger partial charge >= 0.3 is 0 Å². The number of aromatic nitrogens is 4. The fourth-order valence-corrected chi connectivity index (χ4v) is 2.79. The van der Waals surface area contributed by atoms with Crippen molar-refractivity contribution in [1.29, 1.82) is 0 Å². The number of imidazole rings is 1. The molecule has 8 nitrogen and oxygen atoms in total. The van der Waals surface area contributed by atoms with Crippen LogP contribution in [0.25, 0.3) is 11.2 Å². The van der Waals surface area contributed by atoms with Crippen LogP contribution in [0.3, 0.4) is 0 Å². The Morgan fingerprint density at radius 2 is 2.25 bits per heavy atom. The fourth-order valence-electron chi connectivity index (χ4n) is 2.79. The van der Waals surface area contributed by atoms with E-state index in [9.17, 15) is 4.79 Å². The van der Waals surface area contributed by atoms with Crippen LogP contribution in [0.1, 0.15) is 18.6 Å². The van der Waals surface area contributed by atoms with Crippen molar-refractivity contribution < 1.29 is 9.21 Å². The Hall–Kier alpha value is -2.90. The maximum absolute atomic E-state index is 12.8. The van der Waals surface area contributed by atoms with Crippen molar-refractivity contribution in [2.45, 2.75) is 25.4 Å². The number of carbonyl (C=O) groups is 1. The van der Waals surface area contributed by atoms with Crippen LogP contribution in [0.2, 0.25) is 0 Å². The summed E-state index contributed by atoms with van der Waals surface area (Å²) in [6.07, 6.45) is 6.77.